The summed E-state index contributed by atoms with van der Waals surface area (Å²) in [7, 11) is 0. The van der Waals surface area contributed by atoms with E-state index in [2.05, 4.69) is 37.7 Å². The number of halogens is 1. The van der Waals surface area contributed by atoms with Crippen molar-refractivity contribution in [3.8, 4) is 6.07 Å². The quantitative estimate of drug-likeness (QED) is 0.912. The Morgan fingerprint density at radius 2 is 2.28 bits per heavy atom. The molecule has 0 unspecified atom stereocenters. The van der Waals surface area contributed by atoms with E-state index in [1.54, 1.807) is 17.4 Å². The minimum absolute atomic E-state index is 0.618. The van der Waals surface area contributed by atoms with Crippen LogP contribution in [-0.2, 0) is 0 Å². The van der Waals surface area contributed by atoms with E-state index in [1.807, 2.05) is 12.1 Å². The van der Waals surface area contributed by atoms with Gasteiger partial charge in [-0.1, -0.05) is 15.9 Å². The van der Waals surface area contributed by atoms with Crippen LogP contribution in [0, 0.1) is 11.3 Å². The summed E-state index contributed by atoms with van der Waals surface area (Å²) in [6.07, 6.45) is 2.51. The molecule has 3 nitrogen and oxygen atoms in total. The lowest BCUT2D eigenvalue weighted by molar-refractivity contribution is 1.05. The lowest BCUT2D eigenvalue weighted by Crippen LogP contribution is -1.93. The van der Waals surface area contributed by atoms with E-state index in [0.717, 1.165) is 15.3 Å². The van der Waals surface area contributed by atoms with E-state index < -0.39 is 0 Å². The Hall–Kier alpha value is -1.38. The summed E-state index contributed by atoms with van der Waals surface area (Å²) in [6.45, 7) is 0. The van der Waals surface area contributed by atoms with E-state index in [9.17, 15) is 0 Å². The number of hydrogen-bond donors (Lipinski definition) is 1. The molecule has 1 aromatic heterocycles. The molecule has 5 heteroatoms. The molecule has 0 radical (unpaired) electrons. The first-order valence-electron chi connectivity index (χ1n) is 5.68. The number of benzene rings is 1. The maximum Gasteiger partial charge on any atom is 0.187 e. The van der Waals surface area contributed by atoms with Crippen LogP contribution in [0.2, 0.25) is 0 Å². The van der Waals surface area contributed by atoms with Crippen molar-refractivity contribution in [3.63, 3.8) is 0 Å². The number of nitriles is 1. The number of nitrogens with one attached hydrogen (secondary N) is 1. The predicted octanol–water partition coefficient (Wildman–Crippen LogP) is 4.40. The second-order valence-electron chi connectivity index (χ2n) is 4.28. The fourth-order valence-electron chi connectivity index (χ4n) is 1.74. The molecule has 1 aliphatic carbocycles. The van der Waals surface area contributed by atoms with Crippen LogP contribution in [0.4, 0.5) is 10.8 Å². The first-order valence-corrected chi connectivity index (χ1v) is 7.35. The highest BCUT2D eigenvalue weighted by atomic mass is 79.9. The Balaban J connectivity index is 1.84. The van der Waals surface area contributed by atoms with Crippen LogP contribution in [-0.4, -0.2) is 4.98 Å². The van der Waals surface area contributed by atoms with Gasteiger partial charge in [0.05, 0.1) is 16.9 Å². The number of anilines is 2. The molecule has 1 fully saturated rings. The highest BCUT2D eigenvalue weighted by Crippen LogP contribution is 2.41. The molecule has 2 aromatic rings. The lowest BCUT2D eigenvalue weighted by Gasteiger charge is -2.05. The van der Waals surface area contributed by atoms with Crippen molar-refractivity contribution >= 4 is 38.1 Å². The molecule has 0 spiro atoms. The van der Waals surface area contributed by atoms with Crippen LogP contribution in [0.3, 0.4) is 0 Å². The topological polar surface area (TPSA) is 48.7 Å². The van der Waals surface area contributed by atoms with Gasteiger partial charge in [-0.25, -0.2) is 4.98 Å². The number of nitrogens with zero attached hydrogens (tertiary/aromatic N) is 2. The summed E-state index contributed by atoms with van der Waals surface area (Å²) in [5, 5.41) is 15.3. The summed E-state index contributed by atoms with van der Waals surface area (Å²) in [5.41, 5.74) is 2.60. The van der Waals surface area contributed by atoms with Crippen LogP contribution in [0.5, 0.6) is 0 Å². The second-order valence-corrected chi connectivity index (χ2v) is 6.05. The molecule has 1 aromatic carbocycles. The molecule has 0 aliphatic heterocycles. The van der Waals surface area contributed by atoms with Gasteiger partial charge in [-0.2, -0.15) is 5.26 Å². The van der Waals surface area contributed by atoms with Crippen molar-refractivity contribution in [2.24, 2.45) is 0 Å². The van der Waals surface area contributed by atoms with E-state index in [4.69, 9.17) is 5.26 Å². The molecule has 1 heterocycles. The molecule has 0 amide bonds. The molecule has 0 bridgehead atoms. The molecule has 3 rings (SSSR count). The van der Waals surface area contributed by atoms with Crippen LogP contribution >= 0.6 is 27.3 Å². The summed E-state index contributed by atoms with van der Waals surface area (Å²) < 4.78 is 0.905. The summed E-state index contributed by atoms with van der Waals surface area (Å²) in [6, 6.07) is 7.79. The fraction of sp³-hybridized carbons (Fsp3) is 0.231. The molecule has 0 saturated heterocycles. The zero-order valence-corrected chi connectivity index (χ0v) is 11.9. The van der Waals surface area contributed by atoms with Crippen LogP contribution < -0.4 is 5.32 Å². The number of aromatic nitrogens is 1. The largest absolute Gasteiger partial charge is 0.330 e. The van der Waals surface area contributed by atoms with Crippen molar-refractivity contribution in [2.45, 2.75) is 18.8 Å². The van der Waals surface area contributed by atoms with Crippen LogP contribution in [0.15, 0.2) is 28.1 Å². The standard InChI is InChI=1S/C13H10BrN3S/c14-10-3-4-11(9(5-10)6-15)16-13-17-12(7-18-13)8-1-2-8/h3-5,7-8H,1-2H2,(H,16,17). The summed E-state index contributed by atoms with van der Waals surface area (Å²) in [4.78, 5) is 4.55. The van der Waals surface area contributed by atoms with Crippen molar-refractivity contribution in [3.05, 3.63) is 39.3 Å². The average molecular weight is 320 g/mol. The third-order valence-electron chi connectivity index (χ3n) is 2.86. The lowest BCUT2D eigenvalue weighted by atomic mass is 10.2. The maximum atomic E-state index is 9.10. The highest BCUT2D eigenvalue weighted by Gasteiger charge is 2.26. The van der Waals surface area contributed by atoms with Crippen LogP contribution in [0.25, 0.3) is 0 Å². The maximum absolute atomic E-state index is 9.10. The van der Waals surface area contributed by atoms with Gasteiger partial charge in [0.1, 0.15) is 6.07 Å². The Bertz CT molecular complexity index is 625. The van der Waals surface area contributed by atoms with Crippen LogP contribution in [0.1, 0.15) is 30.0 Å². The zero-order valence-electron chi connectivity index (χ0n) is 9.48. The average Bonchev–Trinajstić information content (AvgIpc) is 3.12. The molecule has 90 valence electrons. The van der Waals surface area contributed by atoms with Gasteiger partial charge in [-0.05, 0) is 31.0 Å². The molecule has 1 N–H and O–H groups in total. The molecular weight excluding hydrogens is 310 g/mol. The highest BCUT2D eigenvalue weighted by molar-refractivity contribution is 9.10. The van der Waals surface area contributed by atoms with E-state index in [1.165, 1.54) is 18.5 Å². The van der Waals surface area contributed by atoms with Crippen molar-refractivity contribution in [1.29, 1.82) is 5.26 Å². The van der Waals surface area contributed by atoms with Gasteiger partial charge in [0.15, 0.2) is 5.13 Å². The van der Waals surface area contributed by atoms with E-state index in [-0.39, 0.29) is 0 Å². The fourth-order valence-corrected chi connectivity index (χ4v) is 2.91. The molecule has 1 aliphatic rings. The Morgan fingerprint density at radius 3 is 3.00 bits per heavy atom. The van der Waals surface area contributed by atoms with E-state index >= 15 is 0 Å². The molecule has 18 heavy (non-hydrogen) atoms. The summed E-state index contributed by atoms with van der Waals surface area (Å²) >= 11 is 4.95. The minimum Gasteiger partial charge on any atom is -0.330 e. The first kappa shape index (κ1) is 11.7. The Kier molecular flexibility index (Phi) is 3.06. The Morgan fingerprint density at radius 1 is 1.44 bits per heavy atom. The van der Waals surface area contributed by atoms with Gasteiger partial charge < -0.3 is 5.32 Å². The monoisotopic (exact) mass is 319 g/mol. The normalized spacial score (nSPS) is 14.2. The number of hydrogen-bond acceptors (Lipinski definition) is 4. The smallest absolute Gasteiger partial charge is 0.187 e. The number of rotatable bonds is 3. The minimum atomic E-state index is 0.618. The van der Waals surface area contributed by atoms with Gasteiger partial charge >= 0.3 is 0 Å². The van der Waals surface area contributed by atoms with Crippen molar-refractivity contribution < 1.29 is 0 Å². The third kappa shape index (κ3) is 2.40. The number of thiazole rings is 1. The van der Waals surface area contributed by atoms with Crippen molar-refractivity contribution in [1.82, 2.24) is 4.98 Å². The van der Waals surface area contributed by atoms with Crippen molar-refractivity contribution in [2.75, 3.05) is 5.32 Å². The molecule has 1 saturated carbocycles. The van der Waals surface area contributed by atoms with Gasteiger partial charge in [0.2, 0.25) is 0 Å². The first-order chi connectivity index (χ1) is 8.76. The van der Waals surface area contributed by atoms with E-state index in [0.29, 0.717) is 11.5 Å². The molecular formula is C13H10BrN3S. The third-order valence-corrected chi connectivity index (χ3v) is 4.13. The van der Waals surface area contributed by atoms with Gasteiger partial charge in [-0.3, -0.25) is 0 Å². The van der Waals surface area contributed by atoms with Gasteiger partial charge in [0, 0.05) is 15.8 Å². The predicted molar refractivity (Wildman–Crippen MR) is 76.2 cm³/mol. The second kappa shape index (κ2) is 4.71. The Labute approximate surface area is 118 Å². The molecule has 0 atom stereocenters. The van der Waals surface area contributed by atoms with Gasteiger partial charge in [0.25, 0.3) is 0 Å². The SMILES string of the molecule is N#Cc1cc(Br)ccc1Nc1nc(C2CC2)cs1. The summed E-state index contributed by atoms with van der Waals surface area (Å²) in [5.74, 6) is 0.664. The zero-order chi connectivity index (χ0) is 12.5. The van der Waals surface area contributed by atoms with Gasteiger partial charge in [-0.15, -0.1) is 11.3 Å².